The molecule has 3 aromatic heterocycles. The Morgan fingerprint density at radius 1 is 1.02 bits per heavy atom. The number of aromatic nitrogens is 3. The zero-order valence-corrected chi connectivity index (χ0v) is 29.6. The van der Waals surface area contributed by atoms with E-state index in [1.807, 2.05) is 12.1 Å². The van der Waals surface area contributed by atoms with E-state index >= 15 is 0 Å². The average Bonchev–Trinajstić information content (AvgIpc) is 3.57. The first-order valence-corrected chi connectivity index (χ1v) is 16.4. The van der Waals surface area contributed by atoms with Gasteiger partial charge in [-0.05, 0) is 69.9 Å². The Labute approximate surface area is 283 Å². The minimum atomic E-state index is -1.01. The molecule has 1 amide bonds. The van der Waals surface area contributed by atoms with Crippen LogP contribution in [0.5, 0.6) is 0 Å². The van der Waals surface area contributed by atoms with Gasteiger partial charge in [0.15, 0.2) is 0 Å². The predicted molar refractivity (Wildman–Crippen MR) is 178 cm³/mol. The van der Waals surface area contributed by atoms with Crippen LogP contribution in [0.1, 0.15) is 77.2 Å². The minimum absolute atomic E-state index is 0.0120. The van der Waals surface area contributed by atoms with E-state index < -0.39 is 47.4 Å². The first-order valence-electron chi connectivity index (χ1n) is 15.2. The van der Waals surface area contributed by atoms with Gasteiger partial charge in [-0.1, -0.05) is 46.2 Å². The molecule has 0 saturated carbocycles. The third-order valence-electron chi connectivity index (χ3n) is 6.74. The van der Waals surface area contributed by atoms with Crippen molar-refractivity contribution in [2.24, 2.45) is 11.3 Å². The van der Waals surface area contributed by atoms with E-state index in [4.69, 9.17) is 25.8 Å². The SMILES string of the molecule is CC(C)[C@H](NC(=O)OC(C)(C)C)C(=O)OCOC(=O)CCn1cccc(-c2cc(CCc3ccc(Cl)s3)n(C(=O)C(C)(C)C)n2)c1=O. The van der Waals surface area contributed by atoms with Gasteiger partial charge in [0.2, 0.25) is 6.79 Å². The number of alkyl carbamates (subject to hydrolysis) is 1. The topological polar surface area (TPSA) is 148 Å². The van der Waals surface area contributed by atoms with Gasteiger partial charge in [0, 0.05) is 28.7 Å². The first-order chi connectivity index (χ1) is 21.9. The molecule has 3 rings (SSSR count). The number of amides is 1. The maximum atomic E-state index is 13.4. The Kier molecular flexibility index (Phi) is 12.6. The second-order valence-corrected chi connectivity index (χ2v) is 15.1. The molecular weight excluding hydrogens is 648 g/mol. The lowest BCUT2D eigenvalue weighted by molar-refractivity contribution is -0.169. The summed E-state index contributed by atoms with van der Waals surface area (Å²) >= 11 is 7.55. The number of thiophene rings is 1. The van der Waals surface area contributed by atoms with Crippen LogP contribution in [0.4, 0.5) is 4.79 Å². The van der Waals surface area contributed by atoms with Crippen molar-refractivity contribution in [3.63, 3.8) is 0 Å². The lowest BCUT2D eigenvalue weighted by atomic mass is 9.95. The van der Waals surface area contributed by atoms with Gasteiger partial charge in [-0.15, -0.1) is 11.3 Å². The molecule has 47 heavy (non-hydrogen) atoms. The van der Waals surface area contributed by atoms with Gasteiger partial charge in [0.1, 0.15) is 11.6 Å². The number of nitrogens with one attached hydrogen (secondary N) is 1. The number of pyridine rings is 1. The average molecular weight is 691 g/mol. The van der Waals surface area contributed by atoms with Gasteiger partial charge < -0.3 is 24.1 Å². The van der Waals surface area contributed by atoms with Crippen molar-refractivity contribution in [1.82, 2.24) is 19.7 Å². The molecule has 0 aromatic carbocycles. The minimum Gasteiger partial charge on any atom is -0.444 e. The number of ether oxygens (including phenoxy) is 3. The summed E-state index contributed by atoms with van der Waals surface area (Å²) in [5.41, 5.74) is -0.576. The summed E-state index contributed by atoms with van der Waals surface area (Å²) in [7, 11) is 0. The van der Waals surface area contributed by atoms with Crippen molar-refractivity contribution < 1.29 is 33.4 Å². The lowest BCUT2D eigenvalue weighted by Crippen LogP contribution is -2.47. The molecule has 0 spiro atoms. The standard InChI is InChI=1S/C33H43ClN4O8S/c1-20(2)27(35-31(43)46-33(6,7)8)29(41)45-19-44-26(39)15-17-37-16-9-10-23(28(37)40)24-18-21(11-12-22-13-14-25(34)47-22)38(36-24)30(42)32(3,4)5/h9-10,13-14,16,18,20,27H,11-12,15,17,19H2,1-8H3,(H,35,43)/t27-/m0/s1. The maximum Gasteiger partial charge on any atom is 0.408 e. The maximum absolute atomic E-state index is 13.4. The largest absolute Gasteiger partial charge is 0.444 e. The number of carbonyl (C=O) groups excluding carboxylic acids is 4. The van der Waals surface area contributed by atoms with E-state index in [2.05, 4.69) is 10.4 Å². The summed E-state index contributed by atoms with van der Waals surface area (Å²) in [6, 6.07) is 7.77. The highest BCUT2D eigenvalue weighted by atomic mass is 35.5. The summed E-state index contributed by atoms with van der Waals surface area (Å²) in [4.78, 5) is 64.8. The van der Waals surface area contributed by atoms with Crippen LogP contribution in [0, 0.1) is 11.3 Å². The number of hydrogen-bond donors (Lipinski definition) is 1. The van der Waals surface area contributed by atoms with E-state index in [9.17, 15) is 24.0 Å². The van der Waals surface area contributed by atoms with Gasteiger partial charge in [-0.25, -0.2) is 14.3 Å². The molecule has 0 fully saturated rings. The molecule has 0 radical (unpaired) electrons. The summed E-state index contributed by atoms with van der Waals surface area (Å²) in [5, 5.41) is 7.01. The van der Waals surface area contributed by atoms with Crippen molar-refractivity contribution in [3.05, 3.63) is 61.8 Å². The van der Waals surface area contributed by atoms with Crippen LogP contribution in [0.2, 0.25) is 4.34 Å². The Balaban J connectivity index is 1.65. The van der Waals surface area contributed by atoms with Crippen molar-refractivity contribution in [3.8, 4) is 11.3 Å². The lowest BCUT2D eigenvalue weighted by Gasteiger charge is -2.24. The highest BCUT2D eigenvalue weighted by Gasteiger charge is 2.29. The van der Waals surface area contributed by atoms with Crippen molar-refractivity contribution in [2.45, 2.75) is 92.8 Å². The van der Waals surface area contributed by atoms with Gasteiger partial charge >= 0.3 is 18.0 Å². The Hall–Kier alpha value is -3.97. The van der Waals surface area contributed by atoms with Gasteiger partial charge in [0.05, 0.1) is 22.0 Å². The summed E-state index contributed by atoms with van der Waals surface area (Å²) in [6.45, 7) is 13.3. The first kappa shape index (κ1) is 37.5. The molecular formula is C33H43ClN4O8S. The highest BCUT2D eigenvalue weighted by Crippen LogP contribution is 2.26. The molecule has 12 nitrogen and oxygen atoms in total. The molecule has 0 bridgehead atoms. The van der Waals surface area contributed by atoms with Crippen LogP contribution < -0.4 is 10.9 Å². The summed E-state index contributed by atoms with van der Waals surface area (Å²) < 4.78 is 18.7. The molecule has 256 valence electrons. The van der Waals surface area contributed by atoms with E-state index in [0.29, 0.717) is 28.6 Å². The van der Waals surface area contributed by atoms with Crippen molar-refractivity contribution in [2.75, 3.05) is 6.79 Å². The fourth-order valence-corrected chi connectivity index (χ4v) is 5.41. The Morgan fingerprint density at radius 3 is 2.32 bits per heavy atom. The van der Waals surface area contributed by atoms with Crippen LogP contribution in [0.25, 0.3) is 11.3 Å². The third-order valence-corrected chi connectivity index (χ3v) is 8.03. The van der Waals surface area contributed by atoms with Gasteiger partial charge in [0.25, 0.3) is 11.5 Å². The quantitative estimate of drug-likeness (QED) is 0.182. The number of hydrogen-bond acceptors (Lipinski definition) is 10. The molecule has 0 saturated heterocycles. The summed E-state index contributed by atoms with van der Waals surface area (Å²) in [6.07, 6.45) is 1.74. The number of nitrogens with zero attached hydrogens (tertiary/aromatic N) is 3. The zero-order chi connectivity index (χ0) is 35.1. The Morgan fingerprint density at radius 2 is 1.72 bits per heavy atom. The third kappa shape index (κ3) is 11.1. The number of aryl methyl sites for hydroxylation is 3. The second kappa shape index (κ2) is 15.7. The van der Waals surface area contributed by atoms with Gasteiger partial charge in [-0.2, -0.15) is 5.10 Å². The van der Waals surface area contributed by atoms with E-state index in [-0.39, 0.29) is 30.4 Å². The van der Waals surface area contributed by atoms with E-state index in [1.165, 1.54) is 26.8 Å². The van der Waals surface area contributed by atoms with E-state index in [1.54, 1.807) is 73.6 Å². The Bertz CT molecular complexity index is 1640. The predicted octanol–water partition coefficient (Wildman–Crippen LogP) is 5.88. The second-order valence-electron chi connectivity index (χ2n) is 13.3. The monoisotopic (exact) mass is 690 g/mol. The molecule has 3 aromatic rings. The number of esters is 2. The fourth-order valence-electron chi connectivity index (χ4n) is 4.33. The molecule has 0 unspecified atom stereocenters. The van der Waals surface area contributed by atoms with Crippen LogP contribution in [0.15, 0.2) is 41.3 Å². The zero-order valence-electron chi connectivity index (χ0n) is 28.0. The summed E-state index contributed by atoms with van der Waals surface area (Å²) in [5.74, 6) is -2.01. The normalized spacial score (nSPS) is 12.5. The number of halogens is 1. The molecule has 0 aliphatic heterocycles. The van der Waals surface area contributed by atoms with Crippen LogP contribution in [-0.2, 0) is 43.2 Å². The molecule has 14 heteroatoms. The number of rotatable bonds is 12. The molecule has 1 atom stereocenters. The molecule has 3 heterocycles. The number of carbonyl (C=O) groups is 4. The highest BCUT2D eigenvalue weighted by molar-refractivity contribution is 7.16. The van der Waals surface area contributed by atoms with Crippen molar-refractivity contribution in [1.29, 1.82) is 0 Å². The molecule has 1 N–H and O–H groups in total. The fraction of sp³-hybridized carbons (Fsp3) is 0.515. The van der Waals surface area contributed by atoms with Crippen molar-refractivity contribution >= 4 is 46.9 Å². The smallest absolute Gasteiger partial charge is 0.408 e. The molecule has 0 aliphatic rings. The molecule has 0 aliphatic carbocycles. The van der Waals surface area contributed by atoms with Crippen LogP contribution in [0.3, 0.4) is 0 Å². The van der Waals surface area contributed by atoms with Gasteiger partial charge in [-0.3, -0.25) is 14.4 Å². The van der Waals surface area contributed by atoms with Crippen LogP contribution >= 0.6 is 22.9 Å². The van der Waals surface area contributed by atoms with Crippen LogP contribution in [-0.4, -0.2) is 56.7 Å². The van der Waals surface area contributed by atoms with E-state index in [0.717, 1.165) is 4.88 Å².